The number of hydrogen-bond acceptors (Lipinski definition) is 1. The van der Waals surface area contributed by atoms with E-state index in [1.807, 2.05) is 0 Å². The molecule has 0 heterocycles. The molecular weight excluding hydrogens is 188 g/mol. The molecule has 0 atom stereocenters. The van der Waals surface area contributed by atoms with E-state index in [0.29, 0.717) is 0 Å². The highest BCUT2D eigenvalue weighted by Gasteiger charge is 1.95. The fourth-order valence-corrected chi connectivity index (χ4v) is 2.48. The van der Waals surface area contributed by atoms with Crippen LogP contribution in [0.25, 0.3) is 0 Å². The summed E-state index contributed by atoms with van der Waals surface area (Å²) < 4.78 is 0. The summed E-state index contributed by atoms with van der Waals surface area (Å²) in [6, 6.07) is 10.7. The van der Waals surface area contributed by atoms with Gasteiger partial charge >= 0.3 is 0 Å². The van der Waals surface area contributed by atoms with Gasteiger partial charge in [-0.05, 0) is 35.8 Å². The van der Waals surface area contributed by atoms with Crippen LogP contribution in [0, 0.1) is 5.92 Å². The maximum atomic E-state index is 2.29. The van der Waals surface area contributed by atoms with Gasteiger partial charge in [-0.25, -0.2) is 0 Å². The molecule has 0 saturated carbocycles. The van der Waals surface area contributed by atoms with Gasteiger partial charge in [0.25, 0.3) is 0 Å². The summed E-state index contributed by atoms with van der Waals surface area (Å²) in [5.41, 5.74) is 1.46. The molecule has 1 aromatic carbocycles. The summed E-state index contributed by atoms with van der Waals surface area (Å²) in [6.45, 7) is 4.58. The van der Waals surface area contributed by atoms with E-state index in [9.17, 15) is 0 Å². The average Bonchev–Trinajstić information content (AvgIpc) is 2.18. The SMILES string of the molecule is CC(C)CCSCCc1ccccc1. The Morgan fingerprint density at radius 2 is 1.79 bits per heavy atom. The first-order valence-corrected chi connectivity index (χ1v) is 6.56. The molecule has 0 aromatic heterocycles. The lowest BCUT2D eigenvalue weighted by molar-refractivity contribution is 0.632. The van der Waals surface area contributed by atoms with Gasteiger partial charge in [-0.2, -0.15) is 11.8 Å². The van der Waals surface area contributed by atoms with Gasteiger partial charge in [0, 0.05) is 0 Å². The van der Waals surface area contributed by atoms with Crippen LogP contribution in [-0.4, -0.2) is 11.5 Å². The number of rotatable bonds is 6. The largest absolute Gasteiger partial charge is 0.162 e. The minimum atomic E-state index is 0.847. The Balaban J connectivity index is 2.05. The summed E-state index contributed by atoms with van der Waals surface area (Å²) >= 11 is 2.08. The van der Waals surface area contributed by atoms with E-state index in [-0.39, 0.29) is 0 Å². The Morgan fingerprint density at radius 3 is 2.43 bits per heavy atom. The molecule has 0 nitrogen and oxygen atoms in total. The molecule has 1 aromatic rings. The smallest absolute Gasteiger partial charge is 0.00270 e. The van der Waals surface area contributed by atoms with Crippen molar-refractivity contribution in [2.24, 2.45) is 5.92 Å². The van der Waals surface area contributed by atoms with Gasteiger partial charge in [-0.1, -0.05) is 44.2 Å². The van der Waals surface area contributed by atoms with Crippen molar-refractivity contribution < 1.29 is 0 Å². The summed E-state index contributed by atoms with van der Waals surface area (Å²) in [6.07, 6.45) is 2.56. The highest BCUT2D eigenvalue weighted by molar-refractivity contribution is 7.99. The zero-order valence-corrected chi connectivity index (χ0v) is 10.0. The second-order valence-electron chi connectivity index (χ2n) is 4.03. The second kappa shape index (κ2) is 6.94. The van der Waals surface area contributed by atoms with Crippen LogP contribution in [0.15, 0.2) is 30.3 Å². The van der Waals surface area contributed by atoms with E-state index in [1.165, 1.54) is 29.9 Å². The first-order valence-electron chi connectivity index (χ1n) is 5.40. The Morgan fingerprint density at radius 1 is 1.07 bits per heavy atom. The second-order valence-corrected chi connectivity index (χ2v) is 5.26. The zero-order chi connectivity index (χ0) is 10.2. The van der Waals surface area contributed by atoms with E-state index in [0.717, 1.165) is 5.92 Å². The van der Waals surface area contributed by atoms with E-state index >= 15 is 0 Å². The molecular formula is C13H20S. The van der Waals surface area contributed by atoms with Crippen LogP contribution in [0.3, 0.4) is 0 Å². The first-order chi connectivity index (χ1) is 6.79. The van der Waals surface area contributed by atoms with Gasteiger partial charge in [0.05, 0.1) is 0 Å². The van der Waals surface area contributed by atoms with Crippen molar-refractivity contribution in [3.63, 3.8) is 0 Å². The molecule has 0 N–H and O–H groups in total. The van der Waals surface area contributed by atoms with Crippen LogP contribution < -0.4 is 0 Å². The average molecular weight is 208 g/mol. The minimum absolute atomic E-state index is 0.847. The predicted octanol–water partition coefficient (Wildman–Crippen LogP) is 4.01. The maximum absolute atomic E-state index is 2.29. The van der Waals surface area contributed by atoms with Crippen molar-refractivity contribution in [1.82, 2.24) is 0 Å². The van der Waals surface area contributed by atoms with Crippen LogP contribution >= 0.6 is 11.8 Å². The third-order valence-corrected chi connectivity index (χ3v) is 3.23. The van der Waals surface area contributed by atoms with E-state index in [4.69, 9.17) is 0 Å². The fourth-order valence-electron chi connectivity index (χ4n) is 1.26. The monoisotopic (exact) mass is 208 g/mol. The minimum Gasteiger partial charge on any atom is -0.162 e. The molecule has 0 radical (unpaired) electrons. The Hall–Kier alpha value is -0.430. The van der Waals surface area contributed by atoms with Gasteiger partial charge < -0.3 is 0 Å². The molecule has 0 aliphatic heterocycles. The Kier molecular flexibility index (Phi) is 5.77. The number of hydrogen-bond donors (Lipinski definition) is 0. The molecule has 0 amide bonds. The highest BCUT2D eigenvalue weighted by atomic mass is 32.2. The lowest BCUT2D eigenvalue weighted by atomic mass is 10.2. The molecule has 0 unspecified atom stereocenters. The van der Waals surface area contributed by atoms with Crippen LogP contribution in [-0.2, 0) is 6.42 Å². The first kappa shape index (κ1) is 11.6. The molecule has 0 bridgehead atoms. The molecule has 0 fully saturated rings. The van der Waals surface area contributed by atoms with Crippen molar-refractivity contribution in [3.05, 3.63) is 35.9 Å². The molecule has 1 heteroatoms. The van der Waals surface area contributed by atoms with Crippen molar-refractivity contribution in [3.8, 4) is 0 Å². The number of benzene rings is 1. The fraction of sp³-hybridized carbons (Fsp3) is 0.538. The van der Waals surface area contributed by atoms with Gasteiger partial charge in [0.15, 0.2) is 0 Å². The quantitative estimate of drug-likeness (QED) is 0.637. The molecule has 0 aliphatic carbocycles. The predicted molar refractivity (Wildman–Crippen MR) is 66.9 cm³/mol. The summed E-state index contributed by atoms with van der Waals surface area (Å²) in [5, 5.41) is 0. The van der Waals surface area contributed by atoms with Crippen molar-refractivity contribution in [2.75, 3.05) is 11.5 Å². The Labute approximate surface area is 92.1 Å². The van der Waals surface area contributed by atoms with Crippen molar-refractivity contribution >= 4 is 11.8 Å². The number of thioether (sulfide) groups is 1. The van der Waals surface area contributed by atoms with E-state index in [2.05, 4.69) is 55.9 Å². The van der Waals surface area contributed by atoms with Crippen LogP contribution in [0.1, 0.15) is 25.8 Å². The third kappa shape index (κ3) is 5.33. The maximum Gasteiger partial charge on any atom is -0.00270 e. The lowest BCUT2D eigenvalue weighted by Gasteiger charge is -2.04. The van der Waals surface area contributed by atoms with E-state index < -0.39 is 0 Å². The molecule has 14 heavy (non-hydrogen) atoms. The normalized spacial score (nSPS) is 10.8. The standard InChI is InChI=1S/C13H20S/c1-12(2)8-10-14-11-9-13-6-4-3-5-7-13/h3-7,12H,8-11H2,1-2H3. The Bertz CT molecular complexity index is 228. The van der Waals surface area contributed by atoms with E-state index in [1.54, 1.807) is 0 Å². The summed E-state index contributed by atoms with van der Waals surface area (Å²) in [7, 11) is 0. The van der Waals surface area contributed by atoms with Gasteiger partial charge in [-0.15, -0.1) is 0 Å². The molecule has 1 rings (SSSR count). The molecule has 0 saturated heterocycles. The van der Waals surface area contributed by atoms with Crippen LogP contribution in [0.5, 0.6) is 0 Å². The van der Waals surface area contributed by atoms with Gasteiger partial charge in [0.2, 0.25) is 0 Å². The van der Waals surface area contributed by atoms with Crippen molar-refractivity contribution in [2.45, 2.75) is 26.7 Å². The molecule has 0 spiro atoms. The van der Waals surface area contributed by atoms with Gasteiger partial charge in [-0.3, -0.25) is 0 Å². The molecule has 0 aliphatic rings. The summed E-state index contributed by atoms with van der Waals surface area (Å²) in [5.74, 6) is 3.42. The van der Waals surface area contributed by atoms with Crippen LogP contribution in [0.2, 0.25) is 0 Å². The topological polar surface area (TPSA) is 0 Å². The van der Waals surface area contributed by atoms with Gasteiger partial charge in [0.1, 0.15) is 0 Å². The summed E-state index contributed by atoms with van der Waals surface area (Å²) in [4.78, 5) is 0. The highest BCUT2D eigenvalue weighted by Crippen LogP contribution is 2.11. The van der Waals surface area contributed by atoms with Crippen LogP contribution in [0.4, 0.5) is 0 Å². The third-order valence-electron chi connectivity index (χ3n) is 2.22. The van der Waals surface area contributed by atoms with Crippen molar-refractivity contribution in [1.29, 1.82) is 0 Å². The molecule has 78 valence electrons. The lowest BCUT2D eigenvalue weighted by Crippen LogP contribution is -1.93. The number of aryl methyl sites for hydroxylation is 1. The zero-order valence-electron chi connectivity index (χ0n) is 9.20.